The third kappa shape index (κ3) is 2.30. The van der Waals surface area contributed by atoms with Crippen molar-refractivity contribution in [2.45, 2.75) is 12.5 Å². The Morgan fingerprint density at radius 3 is 2.72 bits per heavy atom. The summed E-state index contributed by atoms with van der Waals surface area (Å²) in [5.41, 5.74) is 7.54. The summed E-state index contributed by atoms with van der Waals surface area (Å²) in [5, 5.41) is 2.48. The highest BCUT2D eigenvalue weighted by molar-refractivity contribution is 9.10. The molecule has 2 aromatic rings. The molecule has 94 valence electrons. The fourth-order valence-corrected chi connectivity index (χ4v) is 2.93. The van der Waals surface area contributed by atoms with E-state index in [1.54, 1.807) is 0 Å². The van der Waals surface area contributed by atoms with Gasteiger partial charge in [-0.1, -0.05) is 34.1 Å². The minimum atomic E-state index is 0.0838. The molecule has 2 N–H and O–H groups in total. The van der Waals surface area contributed by atoms with Crippen LogP contribution in [-0.2, 0) is 4.74 Å². The number of halogens is 1. The van der Waals surface area contributed by atoms with Crippen molar-refractivity contribution < 1.29 is 4.74 Å². The molecule has 1 aliphatic heterocycles. The summed E-state index contributed by atoms with van der Waals surface area (Å²) < 4.78 is 6.52. The Morgan fingerprint density at radius 1 is 1.17 bits per heavy atom. The van der Waals surface area contributed by atoms with Crippen LogP contribution in [0.2, 0.25) is 0 Å². The zero-order chi connectivity index (χ0) is 12.5. The number of hydrogen-bond donors (Lipinski definition) is 1. The number of ether oxygens (including phenoxy) is 1. The second kappa shape index (κ2) is 5.00. The number of hydrogen-bond acceptors (Lipinski definition) is 2. The van der Waals surface area contributed by atoms with Gasteiger partial charge in [-0.3, -0.25) is 0 Å². The van der Waals surface area contributed by atoms with Gasteiger partial charge in [-0.2, -0.15) is 0 Å². The molecule has 0 radical (unpaired) electrons. The normalized spacial score (nSPS) is 21.3. The number of fused-ring (bicyclic) bond motifs is 1. The van der Waals surface area contributed by atoms with Crippen molar-refractivity contribution in [3.8, 4) is 0 Å². The minimum absolute atomic E-state index is 0.0838. The van der Waals surface area contributed by atoms with E-state index in [1.807, 2.05) is 0 Å². The first-order valence-electron chi connectivity index (χ1n) is 6.26. The fourth-order valence-electron chi connectivity index (χ4n) is 2.55. The van der Waals surface area contributed by atoms with E-state index in [2.05, 4.69) is 52.3 Å². The molecule has 18 heavy (non-hydrogen) atoms. The molecule has 1 fully saturated rings. The summed E-state index contributed by atoms with van der Waals surface area (Å²) in [6.07, 6.45) is 1.07. The smallest absolute Gasteiger partial charge is 0.0513 e. The van der Waals surface area contributed by atoms with Gasteiger partial charge < -0.3 is 10.5 Å². The van der Waals surface area contributed by atoms with E-state index in [4.69, 9.17) is 10.5 Å². The zero-order valence-corrected chi connectivity index (χ0v) is 11.7. The van der Waals surface area contributed by atoms with E-state index in [0.29, 0.717) is 5.92 Å². The largest absolute Gasteiger partial charge is 0.381 e. The zero-order valence-electron chi connectivity index (χ0n) is 10.1. The maximum absolute atomic E-state index is 6.33. The molecule has 1 aliphatic rings. The summed E-state index contributed by atoms with van der Waals surface area (Å²) >= 11 is 3.49. The van der Waals surface area contributed by atoms with Gasteiger partial charge in [-0.05, 0) is 41.0 Å². The number of nitrogens with two attached hydrogens (primary N) is 1. The predicted molar refractivity (Wildman–Crippen MR) is 77.5 cm³/mol. The highest BCUT2D eigenvalue weighted by Gasteiger charge is 2.23. The molecule has 0 spiro atoms. The van der Waals surface area contributed by atoms with Crippen LogP contribution >= 0.6 is 15.9 Å². The van der Waals surface area contributed by atoms with Crippen LogP contribution in [0, 0.1) is 5.92 Å². The van der Waals surface area contributed by atoms with Crippen molar-refractivity contribution >= 4 is 26.7 Å². The van der Waals surface area contributed by atoms with Crippen molar-refractivity contribution in [1.29, 1.82) is 0 Å². The highest BCUT2D eigenvalue weighted by Crippen LogP contribution is 2.29. The Morgan fingerprint density at radius 2 is 1.94 bits per heavy atom. The first kappa shape index (κ1) is 12.2. The molecule has 1 saturated heterocycles. The first-order valence-corrected chi connectivity index (χ1v) is 7.06. The number of rotatable bonds is 2. The quantitative estimate of drug-likeness (QED) is 0.919. The van der Waals surface area contributed by atoms with Gasteiger partial charge in [0.15, 0.2) is 0 Å². The molecule has 2 nitrogen and oxygen atoms in total. The monoisotopic (exact) mass is 305 g/mol. The lowest BCUT2D eigenvalue weighted by Gasteiger charge is -2.18. The molecule has 2 atom stereocenters. The Hall–Kier alpha value is -0.900. The predicted octanol–water partition coefficient (Wildman–Crippen LogP) is 3.64. The van der Waals surface area contributed by atoms with E-state index in [-0.39, 0.29) is 6.04 Å². The molecule has 0 bridgehead atoms. The van der Waals surface area contributed by atoms with Gasteiger partial charge in [0.05, 0.1) is 6.61 Å². The Labute approximate surface area is 115 Å². The second-order valence-electron chi connectivity index (χ2n) is 4.90. The standard InChI is InChI=1S/C15H16BrNO/c16-14-4-3-10-7-12(2-1-11(10)8-14)15(17)13-5-6-18-9-13/h1-4,7-8,13,15H,5-6,9,17H2. The molecule has 3 rings (SSSR count). The summed E-state index contributed by atoms with van der Waals surface area (Å²) in [6, 6.07) is 12.9. The molecule has 0 amide bonds. The van der Waals surface area contributed by atoms with E-state index in [0.717, 1.165) is 24.1 Å². The molecule has 1 heterocycles. The molecule has 2 aromatic carbocycles. The summed E-state index contributed by atoms with van der Waals surface area (Å²) in [4.78, 5) is 0. The van der Waals surface area contributed by atoms with Gasteiger partial charge >= 0.3 is 0 Å². The van der Waals surface area contributed by atoms with Gasteiger partial charge in [0.1, 0.15) is 0 Å². The topological polar surface area (TPSA) is 35.2 Å². The van der Waals surface area contributed by atoms with Crippen molar-refractivity contribution in [1.82, 2.24) is 0 Å². The van der Waals surface area contributed by atoms with Crippen LogP contribution in [0.4, 0.5) is 0 Å². The molecular weight excluding hydrogens is 290 g/mol. The van der Waals surface area contributed by atoms with Gasteiger partial charge in [-0.15, -0.1) is 0 Å². The van der Waals surface area contributed by atoms with Crippen LogP contribution < -0.4 is 5.73 Å². The maximum Gasteiger partial charge on any atom is 0.0513 e. The maximum atomic E-state index is 6.33. The van der Waals surface area contributed by atoms with Gasteiger partial charge in [0.2, 0.25) is 0 Å². The van der Waals surface area contributed by atoms with Crippen LogP contribution in [0.1, 0.15) is 18.0 Å². The molecule has 2 unspecified atom stereocenters. The molecule has 0 saturated carbocycles. The van der Waals surface area contributed by atoms with Crippen LogP contribution in [0.25, 0.3) is 10.8 Å². The Bertz CT molecular complexity index is 563. The SMILES string of the molecule is NC(c1ccc2cc(Br)ccc2c1)C1CCOC1. The average molecular weight is 306 g/mol. The van der Waals surface area contributed by atoms with E-state index in [1.165, 1.54) is 16.3 Å². The van der Waals surface area contributed by atoms with Crippen LogP contribution in [0.5, 0.6) is 0 Å². The molecular formula is C15H16BrNO. The van der Waals surface area contributed by atoms with Gasteiger partial charge in [0, 0.05) is 23.0 Å². The van der Waals surface area contributed by atoms with Crippen molar-refractivity contribution in [2.24, 2.45) is 11.7 Å². The van der Waals surface area contributed by atoms with Crippen LogP contribution in [-0.4, -0.2) is 13.2 Å². The van der Waals surface area contributed by atoms with E-state index >= 15 is 0 Å². The lowest BCUT2D eigenvalue weighted by atomic mass is 9.92. The number of benzene rings is 2. The molecule has 3 heteroatoms. The van der Waals surface area contributed by atoms with Crippen molar-refractivity contribution in [3.63, 3.8) is 0 Å². The average Bonchev–Trinajstić information content (AvgIpc) is 2.91. The lowest BCUT2D eigenvalue weighted by Crippen LogP contribution is -2.21. The van der Waals surface area contributed by atoms with E-state index in [9.17, 15) is 0 Å². The van der Waals surface area contributed by atoms with Gasteiger partial charge in [0.25, 0.3) is 0 Å². The molecule has 0 aliphatic carbocycles. The van der Waals surface area contributed by atoms with Crippen molar-refractivity contribution in [3.05, 3.63) is 46.4 Å². The Kier molecular flexibility index (Phi) is 3.37. The second-order valence-corrected chi connectivity index (χ2v) is 5.82. The van der Waals surface area contributed by atoms with Gasteiger partial charge in [-0.25, -0.2) is 0 Å². The first-order chi connectivity index (χ1) is 8.74. The Balaban J connectivity index is 1.94. The lowest BCUT2D eigenvalue weighted by molar-refractivity contribution is 0.181. The fraction of sp³-hybridized carbons (Fsp3) is 0.333. The summed E-state index contributed by atoms with van der Waals surface area (Å²) in [6.45, 7) is 1.64. The van der Waals surface area contributed by atoms with Crippen LogP contribution in [0.3, 0.4) is 0 Å². The molecule has 0 aromatic heterocycles. The third-order valence-corrected chi connectivity index (χ3v) is 4.18. The summed E-state index contributed by atoms with van der Waals surface area (Å²) in [5.74, 6) is 0.456. The van der Waals surface area contributed by atoms with Crippen molar-refractivity contribution in [2.75, 3.05) is 13.2 Å². The third-order valence-electron chi connectivity index (χ3n) is 3.68. The van der Waals surface area contributed by atoms with Crippen LogP contribution in [0.15, 0.2) is 40.9 Å². The highest BCUT2D eigenvalue weighted by atomic mass is 79.9. The minimum Gasteiger partial charge on any atom is -0.381 e. The summed E-state index contributed by atoms with van der Waals surface area (Å²) in [7, 11) is 0. The van der Waals surface area contributed by atoms with E-state index < -0.39 is 0 Å².